The number of H-pyrrole nitrogens is 1. The molecule has 0 fully saturated rings. The number of nitrogens with zero attached hydrogens (tertiary/aromatic N) is 3. The molecule has 0 aliphatic carbocycles. The van der Waals surface area contributed by atoms with Crippen molar-refractivity contribution in [2.75, 3.05) is 12.4 Å². The Morgan fingerprint density at radius 3 is 3.00 bits per heavy atom. The number of hydrogen-bond acceptors (Lipinski definition) is 4. The summed E-state index contributed by atoms with van der Waals surface area (Å²) in [6.45, 7) is 0. The van der Waals surface area contributed by atoms with Gasteiger partial charge in [0.05, 0.1) is 11.3 Å². The number of aromatic amines is 1. The van der Waals surface area contributed by atoms with E-state index in [4.69, 9.17) is 0 Å². The van der Waals surface area contributed by atoms with E-state index in [1.807, 2.05) is 12.3 Å². The van der Waals surface area contributed by atoms with Crippen LogP contribution >= 0.6 is 22.6 Å². The quantitative estimate of drug-likeness (QED) is 0.825. The molecular formula is C8H8IN5. The average molecular weight is 301 g/mol. The number of hydrogen-bond donors (Lipinski definition) is 2. The predicted octanol–water partition coefficient (Wildman–Crippen LogP) is 1.51. The highest BCUT2D eigenvalue weighted by atomic mass is 127. The van der Waals surface area contributed by atoms with E-state index in [-0.39, 0.29) is 0 Å². The Labute approximate surface area is 94.5 Å². The topological polar surface area (TPSA) is 66.5 Å². The van der Waals surface area contributed by atoms with E-state index in [2.05, 4.69) is 48.1 Å². The number of halogens is 1. The fourth-order valence-electron chi connectivity index (χ4n) is 1.08. The summed E-state index contributed by atoms with van der Waals surface area (Å²) in [4.78, 5) is 8.35. The van der Waals surface area contributed by atoms with Gasteiger partial charge < -0.3 is 5.32 Å². The first-order valence-electron chi connectivity index (χ1n) is 4.01. The minimum atomic E-state index is 0.611. The van der Waals surface area contributed by atoms with Crippen LogP contribution in [0.5, 0.6) is 0 Å². The number of rotatable bonds is 2. The highest BCUT2D eigenvalue weighted by Crippen LogP contribution is 2.21. The average Bonchev–Trinajstić information content (AvgIpc) is 2.65. The normalized spacial score (nSPS) is 10.1. The third-order valence-electron chi connectivity index (χ3n) is 1.75. The van der Waals surface area contributed by atoms with Gasteiger partial charge in [-0.2, -0.15) is 5.10 Å². The van der Waals surface area contributed by atoms with Crippen LogP contribution in [0.4, 0.5) is 5.95 Å². The van der Waals surface area contributed by atoms with Crippen LogP contribution in [-0.4, -0.2) is 27.2 Å². The van der Waals surface area contributed by atoms with Gasteiger partial charge in [-0.25, -0.2) is 9.97 Å². The smallest absolute Gasteiger partial charge is 0.222 e. The molecular weight excluding hydrogens is 293 g/mol. The summed E-state index contributed by atoms with van der Waals surface area (Å²) in [5.74, 6) is 0.611. The molecule has 0 saturated carbocycles. The minimum Gasteiger partial charge on any atom is -0.357 e. The molecule has 0 saturated heterocycles. The lowest BCUT2D eigenvalue weighted by atomic mass is 10.2. The molecule has 5 nitrogen and oxygen atoms in total. The highest BCUT2D eigenvalue weighted by molar-refractivity contribution is 14.1. The molecule has 2 heterocycles. The van der Waals surface area contributed by atoms with Crippen molar-refractivity contribution in [2.45, 2.75) is 0 Å². The second kappa shape index (κ2) is 3.91. The van der Waals surface area contributed by atoms with Crippen molar-refractivity contribution in [1.82, 2.24) is 20.2 Å². The molecule has 0 aromatic carbocycles. The molecule has 0 unspecified atom stereocenters. The van der Waals surface area contributed by atoms with Crippen LogP contribution in [0.3, 0.4) is 0 Å². The largest absolute Gasteiger partial charge is 0.357 e. The summed E-state index contributed by atoms with van der Waals surface area (Å²) < 4.78 is 0.906. The molecule has 2 aromatic heterocycles. The summed E-state index contributed by atoms with van der Waals surface area (Å²) in [5, 5.41) is 9.72. The minimum absolute atomic E-state index is 0.611. The number of nitrogens with one attached hydrogen (secondary N) is 2. The third-order valence-corrected chi connectivity index (χ3v) is 2.57. The van der Waals surface area contributed by atoms with Gasteiger partial charge in [-0.1, -0.05) is 0 Å². The van der Waals surface area contributed by atoms with Gasteiger partial charge in [-0.05, 0) is 28.7 Å². The van der Waals surface area contributed by atoms with E-state index >= 15 is 0 Å². The molecule has 0 spiro atoms. The highest BCUT2D eigenvalue weighted by Gasteiger charge is 2.07. The van der Waals surface area contributed by atoms with E-state index < -0.39 is 0 Å². The van der Waals surface area contributed by atoms with Gasteiger partial charge in [0.1, 0.15) is 3.70 Å². The number of anilines is 1. The number of aromatic nitrogens is 4. The Bertz CT molecular complexity index is 439. The van der Waals surface area contributed by atoms with Gasteiger partial charge in [-0.15, -0.1) is 0 Å². The zero-order valence-corrected chi connectivity index (χ0v) is 9.61. The van der Waals surface area contributed by atoms with Gasteiger partial charge in [0, 0.05) is 19.4 Å². The summed E-state index contributed by atoms with van der Waals surface area (Å²) in [7, 11) is 1.79. The molecule has 0 aliphatic heterocycles. The van der Waals surface area contributed by atoms with E-state index in [0.717, 1.165) is 15.0 Å². The van der Waals surface area contributed by atoms with Crippen LogP contribution in [0.1, 0.15) is 0 Å². The van der Waals surface area contributed by atoms with Gasteiger partial charge >= 0.3 is 0 Å². The molecule has 0 atom stereocenters. The lowest BCUT2D eigenvalue weighted by molar-refractivity contribution is 1.07. The Balaban J connectivity index is 2.47. The molecule has 6 heteroatoms. The van der Waals surface area contributed by atoms with Crippen molar-refractivity contribution in [3.8, 4) is 11.3 Å². The molecule has 72 valence electrons. The van der Waals surface area contributed by atoms with Crippen molar-refractivity contribution in [3.05, 3.63) is 22.2 Å². The van der Waals surface area contributed by atoms with Crippen LogP contribution in [0.2, 0.25) is 0 Å². The fourth-order valence-corrected chi connectivity index (χ4v) is 1.65. The first-order valence-corrected chi connectivity index (χ1v) is 5.09. The summed E-state index contributed by atoms with van der Waals surface area (Å²) in [6.07, 6.45) is 3.54. The second-order valence-electron chi connectivity index (χ2n) is 2.61. The van der Waals surface area contributed by atoms with Gasteiger partial charge in [0.15, 0.2) is 0 Å². The maximum absolute atomic E-state index is 4.31. The van der Waals surface area contributed by atoms with Gasteiger partial charge in [-0.3, -0.25) is 5.10 Å². The van der Waals surface area contributed by atoms with Crippen LogP contribution in [0.15, 0.2) is 18.5 Å². The Morgan fingerprint density at radius 2 is 2.36 bits per heavy atom. The van der Waals surface area contributed by atoms with Crippen LogP contribution in [0.25, 0.3) is 11.3 Å². The van der Waals surface area contributed by atoms with Crippen molar-refractivity contribution in [2.24, 2.45) is 0 Å². The molecule has 0 amide bonds. The van der Waals surface area contributed by atoms with Crippen LogP contribution in [0, 0.1) is 3.70 Å². The molecule has 2 N–H and O–H groups in total. The van der Waals surface area contributed by atoms with Crippen molar-refractivity contribution < 1.29 is 0 Å². The van der Waals surface area contributed by atoms with Gasteiger partial charge in [0.25, 0.3) is 0 Å². The second-order valence-corrected chi connectivity index (χ2v) is 3.63. The van der Waals surface area contributed by atoms with Crippen molar-refractivity contribution in [3.63, 3.8) is 0 Å². The summed E-state index contributed by atoms with van der Waals surface area (Å²) in [5.41, 5.74) is 1.85. The molecule has 0 bridgehead atoms. The Hall–Kier alpha value is -1.18. The lowest BCUT2D eigenvalue weighted by Crippen LogP contribution is -1.96. The van der Waals surface area contributed by atoms with Crippen LogP contribution < -0.4 is 5.32 Å². The van der Waals surface area contributed by atoms with Crippen LogP contribution in [-0.2, 0) is 0 Å². The lowest BCUT2D eigenvalue weighted by Gasteiger charge is -2.00. The van der Waals surface area contributed by atoms with E-state index in [1.54, 1.807) is 13.2 Å². The molecule has 14 heavy (non-hydrogen) atoms. The zero-order chi connectivity index (χ0) is 9.97. The predicted molar refractivity (Wildman–Crippen MR) is 61.9 cm³/mol. The molecule has 2 aromatic rings. The van der Waals surface area contributed by atoms with Crippen molar-refractivity contribution >= 4 is 28.5 Å². The van der Waals surface area contributed by atoms with Crippen molar-refractivity contribution in [1.29, 1.82) is 0 Å². The van der Waals surface area contributed by atoms with E-state index in [9.17, 15) is 0 Å². The summed E-state index contributed by atoms with van der Waals surface area (Å²) in [6, 6.07) is 1.86. The fraction of sp³-hybridized carbons (Fsp3) is 0.125. The van der Waals surface area contributed by atoms with E-state index in [0.29, 0.717) is 5.95 Å². The Morgan fingerprint density at radius 1 is 1.50 bits per heavy atom. The molecule has 2 rings (SSSR count). The third kappa shape index (κ3) is 1.69. The first kappa shape index (κ1) is 9.38. The van der Waals surface area contributed by atoms with E-state index in [1.165, 1.54) is 0 Å². The molecule has 0 radical (unpaired) electrons. The maximum atomic E-state index is 4.31. The summed E-state index contributed by atoms with van der Waals surface area (Å²) >= 11 is 2.16. The Kier molecular flexibility index (Phi) is 2.62. The SMILES string of the molecule is CNc1nccc(-c2c[nH]nc2I)n1. The van der Waals surface area contributed by atoms with Gasteiger partial charge in [0.2, 0.25) is 5.95 Å². The maximum Gasteiger partial charge on any atom is 0.222 e. The monoisotopic (exact) mass is 301 g/mol. The first-order chi connectivity index (χ1) is 6.81. The standard InChI is InChI=1S/C8H8IN5/c1-10-8-11-3-2-6(13-8)5-4-12-14-7(5)9/h2-4H,1H3,(H,12,14)(H,10,11,13). The zero-order valence-electron chi connectivity index (χ0n) is 7.45. The molecule has 0 aliphatic rings.